The third kappa shape index (κ3) is 5.75. The van der Waals surface area contributed by atoms with Gasteiger partial charge >= 0.3 is 0 Å². The molecule has 4 atom stereocenters. The number of nitrogens with zero attached hydrogens (tertiary/aromatic N) is 2. The fourth-order valence-electron chi connectivity index (χ4n) is 5.65. The van der Waals surface area contributed by atoms with Gasteiger partial charge in [-0.15, -0.1) is 0 Å². The van der Waals surface area contributed by atoms with Crippen molar-refractivity contribution < 1.29 is 14.3 Å². The molecule has 1 amide bonds. The second-order valence-electron chi connectivity index (χ2n) is 9.98. The van der Waals surface area contributed by atoms with Crippen LogP contribution in [0.15, 0.2) is 48.5 Å². The largest absolute Gasteiger partial charge is 0.379 e. The molecule has 35 heavy (non-hydrogen) atoms. The maximum absolute atomic E-state index is 14.2. The van der Waals surface area contributed by atoms with Gasteiger partial charge in [-0.3, -0.25) is 9.69 Å². The van der Waals surface area contributed by atoms with E-state index in [0.717, 1.165) is 43.5 Å². The molecule has 2 aromatic carbocycles. The molecule has 2 saturated heterocycles. The highest BCUT2D eigenvalue weighted by atomic mass is 35.5. The monoisotopic (exact) mass is 516 g/mol. The highest BCUT2D eigenvalue weighted by Gasteiger charge is 2.51. The number of piperidine rings is 1. The normalized spacial score (nSPS) is 26.5. The van der Waals surface area contributed by atoms with Gasteiger partial charge in [-0.1, -0.05) is 61.3 Å². The van der Waals surface area contributed by atoms with Crippen molar-refractivity contribution in [2.24, 2.45) is 5.41 Å². The number of carbonyl (C=O) groups is 2. The van der Waals surface area contributed by atoms with E-state index in [4.69, 9.17) is 27.9 Å². The lowest BCUT2D eigenvalue weighted by atomic mass is 9.67. The Bertz CT molecular complexity index is 1030. The zero-order valence-corrected chi connectivity index (χ0v) is 22.0. The Morgan fingerprint density at radius 1 is 1.09 bits per heavy atom. The van der Waals surface area contributed by atoms with Gasteiger partial charge in [0.05, 0.1) is 24.7 Å². The van der Waals surface area contributed by atoms with Gasteiger partial charge in [-0.2, -0.15) is 0 Å². The first-order valence-corrected chi connectivity index (χ1v) is 13.2. The minimum absolute atomic E-state index is 0.00533. The molecule has 0 bridgehead atoms. The SMILES string of the molecule is CC[C@@H](CN1CCOCC1)N1C(=O)[C@@](C)(CC=O)CC(c2cccc(Cl)c2)[C@H]1c1ccc(Cl)cc1. The quantitative estimate of drug-likeness (QED) is 0.418. The summed E-state index contributed by atoms with van der Waals surface area (Å²) < 4.78 is 5.55. The lowest BCUT2D eigenvalue weighted by molar-refractivity contribution is -0.157. The van der Waals surface area contributed by atoms with E-state index in [2.05, 4.69) is 22.8 Å². The van der Waals surface area contributed by atoms with E-state index in [9.17, 15) is 9.59 Å². The van der Waals surface area contributed by atoms with Gasteiger partial charge < -0.3 is 14.4 Å². The maximum atomic E-state index is 14.2. The van der Waals surface area contributed by atoms with Crippen LogP contribution in [-0.4, -0.2) is 60.9 Å². The molecule has 0 spiro atoms. The number of aldehydes is 1. The van der Waals surface area contributed by atoms with Crippen molar-refractivity contribution in [2.45, 2.75) is 51.1 Å². The Labute approximate surface area is 218 Å². The summed E-state index contributed by atoms with van der Waals surface area (Å²) in [5.41, 5.74) is 1.34. The predicted molar refractivity (Wildman–Crippen MR) is 140 cm³/mol. The number of carbonyl (C=O) groups excluding carboxylic acids is 2. The van der Waals surface area contributed by atoms with Crippen molar-refractivity contribution in [1.82, 2.24) is 9.80 Å². The minimum Gasteiger partial charge on any atom is -0.379 e. The second-order valence-corrected chi connectivity index (χ2v) is 10.9. The number of rotatable bonds is 8. The van der Waals surface area contributed by atoms with Crippen LogP contribution in [0.1, 0.15) is 56.2 Å². The molecule has 5 nitrogen and oxygen atoms in total. The molecule has 188 valence electrons. The smallest absolute Gasteiger partial charge is 0.229 e. The van der Waals surface area contributed by atoms with Crippen LogP contribution in [-0.2, 0) is 14.3 Å². The van der Waals surface area contributed by atoms with E-state index < -0.39 is 5.41 Å². The number of hydrogen-bond acceptors (Lipinski definition) is 4. The zero-order valence-electron chi connectivity index (χ0n) is 20.5. The van der Waals surface area contributed by atoms with Crippen LogP contribution in [0.5, 0.6) is 0 Å². The van der Waals surface area contributed by atoms with Crippen LogP contribution in [0, 0.1) is 5.41 Å². The molecule has 2 aliphatic rings. The fraction of sp³-hybridized carbons (Fsp3) is 0.500. The van der Waals surface area contributed by atoms with E-state index >= 15 is 0 Å². The first-order valence-electron chi connectivity index (χ1n) is 12.4. The summed E-state index contributed by atoms with van der Waals surface area (Å²) in [7, 11) is 0. The number of hydrogen-bond donors (Lipinski definition) is 0. The molecule has 0 saturated carbocycles. The highest BCUT2D eigenvalue weighted by molar-refractivity contribution is 6.30. The van der Waals surface area contributed by atoms with Crippen LogP contribution in [0.3, 0.4) is 0 Å². The number of benzene rings is 2. The molecule has 2 fully saturated rings. The Balaban J connectivity index is 1.83. The Morgan fingerprint density at radius 2 is 1.80 bits per heavy atom. The summed E-state index contributed by atoms with van der Waals surface area (Å²) in [5, 5.41) is 1.33. The lowest BCUT2D eigenvalue weighted by Gasteiger charge is -2.52. The molecule has 0 N–H and O–H groups in total. The molecule has 1 unspecified atom stereocenters. The third-order valence-electron chi connectivity index (χ3n) is 7.56. The molecular formula is C28H34Cl2N2O3. The first-order chi connectivity index (χ1) is 16.9. The number of halogens is 2. The van der Waals surface area contributed by atoms with Gasteiger partial charge in [0.2, 0.25) is 5.91 Å². The fourth-order valence-corrected chi connectivity index (χ4v) is 5.97. The average molecular weight is 517 g/mol. The van der Waals surface area contributed by atoms with E-state index in [-0.39, 0.29) is 30.3 Å². The van der Waals surface area contributed by atoms with Crippen molar-refractivity contribution in [3.63, 3.8) is 0 Å². The van der Waals surface area contributed by atoms with Gasteiger partial charge in [-0.05, 0) is 48.2 Å². The van der Waals surface area contributed by atoms with Crippen molar-refractivity contribution in [1.29, 1.82) is 0 Å². The third-order valence-corrected chi connectivity index (χ3v) is 8.05. The highest BCUT2D eigenvalue weighted by Crippen LogP contribution is 2.52. The van der Waals surface area contributed by atoms with Gasteiger partial charge in [-0.25, -0.2) is 0 Å². The van der Waals surface area contributed by atoms with Crippen molar-refractivity contribution in [3.05, 3.63) is 69.7 Å². The van der Waals surface area contributed by atoms with Crippen molar-refractivity contribution in [2.75, 3.05) is 32.8 Å². The Kier molecular flexibility index (Phi) is 8.54. The van der Waals surface area contributed by atoms with Crippen molar-refractivity contribution >= 4 is 35.4 Å². The van der Waals surface area contributed by atoms with Crippen LogP contribution in [0.25, 0.3) is 0 Å². The summed E-state index contributed by atoms with van der Waals surface area (Å²) in [6, 6.07) is 15.5. The molecule has 2 aromatic rings. The topological polar surface area (TPSA) is 49.9 Å². The van der Waals surface area contributed by atoms with Crippen LogP contribution in [0.4, 0.5) is 0 Å². The van der Waals surface area contributed by atoms with Crippen LogP contribution < -0.4 is 0 Å². The lowest BCUT2D eigenvalue weighted by Crippen LogP contribution is -2.58. The molecule has 0 radical (unpaired) electrons. The van der Waals surface area contributed by atoms with Crippen molar-refractivity contribution in [3.8, 4) is 0 Å². The van der Waals surface area contributed by atoms with E-state index in [1.165, 1.54) is 0 Å². The molecule has 7 heteroatoms. The molecule has 0 aliphatic carbocycles. The van der Waals surface area contributed by atoms with Crippen LogP contribution >= 0.6 is 23.2 Å². The number of amides is 1. The minimum atomic E-state index is -0.782. The first kappa shape index (κ1) is 26.2. The second kappa shape index (κ2) is 11.4. The molecular weight excluding hydrogens is 483 g/mol. The molecule has 0 aromatic heterocycles. The van der Waals surface area contributed by atoms with Gasteiger partial charge in [0, 0.05) is 48.1 Å². The average Bonchev–Trinajstić information content (AvgIpc) is 2.86. The van der Waals surface area contributed by atoms with Gasteiger partial charge in [0.15, 0.2) is 0 Å². The van der Waals surface area contributed by atoms with E-state index in [1.807, 2.05) is 49.4 Å². The Hall–Kier alpha value is -1.92. The summed E-state index contributed by atoms with van der Waals surface area (Å²) in [4.78, 5) is 30.4. The standard InChI is InChI=1S/C28H34Cl2N2O3/c1-3-24(19-31-12-15-35-16-13-31)32-26(20-7-9-22(29)10-8-20)25(21-5-4-6-23(30)17-21)18-28(2,11-14-33)27(32)34/h4-10,14,17,24-26H,3,11-13,15-16,18-19H2,1-2H3/t24-,25?,26+,28-/m0/s1. The van der Waals surface area contributed by atoms with E-state index in [0.29, 0.717) is 29.7 Å². The molecule has 2 aliphatic heterocycles. The Morgan fingerprint density at radius 3 is 2.43 bits per heavy atom. The number of likely N-dealkylation sites (tertiary alicyclic amines) is 1. The van der Waals surface area contributed by atoms with Gasteiger partial charge in [0.1, 0.15) is 6.29 Å². The van der Waals surface area contributed by atoms with Crippen LogP contribution in [0.2, 0.25) is 10.0 Å². The summed E-state index contributed by atoms with van der Waals surface area (Å²) in [5.74, 6) is 0.0270. The summed E-state index contributed by atoms with van der Waals surface area (Å²) in [6.07, 6.45) is 2.46. The van der Waals surface area contributed by atoms with E-state index in [1.54, 1.807) is 0 Å². The number of ether oxygens (including phenoxy) is 1. The summed E-state index contributed by atoms with van der Waals surface area (Å²) >= 11 is 12.7. The maximum Gasteiger partial charge on any atom is 0.229 e. The van der Waals surface area contributed by atoms with Gasteiger partial charge in [0.25, 0.3) is 0 Å². The number of morpholine rings is 1. The zero-order chi connectivity index (χ0) is 25.0. The molecule has 2 heterocycles. The predicted octanol–water partition coefficient (Wildman–Crippen LogP) is 5.76. The summed E-state index contributed by atoms with van der Waals surface area (Å²) in [6.45, 7) is 7.97. The molecule has 4 rings (SSSR count).